The molecule has 0 fully saturated rings. The number of pyridine rings is 1. The second kappa shape index (κ2) is 10.4. The van der Waals surface area contributed by atoms with Gasteiger partial charge in [-0.3, -0.25) is 4.98 Å². The lowest BCUT2D eigenvalue weighted by Gasteiger charge is -2.13. The van der Waals surface area contributed by atoms with Crippen molar-refractivity contribution in [3.05, 3.63) is 146 Å². The normalized spacial score (nSPS) is 11.8. The minimum atomic E-state index is 0.581. The van der Waals surface area contributed by atoms with Gasteiger partial charge in [0.05, 0.1) is 5.39 Å². The third-order valence-electron chi connectivity index (χ3n) is 8.97. The summed E-state index contributed by atoms with van der Waals surface area (Å²) >= 11 is 0. The van der Waals surface area contributed by atoms with Gasteiger partial charge in [0.25, 0.3) is 0 Å². The Morgan fingerprint density at radius 3 is 1.92 bits per heavy atom. The molecule has 6 heteroatoms. The van der Waals surface area contributed by atoms with Crippen molar-refractivity contribution in [3.8, 4) is 45.3 Å². The second-order valence-electron chi connectivity index (χ2n) is 11.8. The van der Waals surface area contributed by atoms with Crippen LogP contribution < -0.4 is 0 Å². The molecule has 0 N–H and O–H groups in total. The summed E-state index contributed by atoms with van der Waals surface area (Å²) in [5, 5.41) is 5.18. The topological polar surface area (TPSA) is 77.8 Å². The van der Waals surface area contributed by atoms with Crippen molar-refractivity contribution in [1.82, 2.24) is 19.9 Å². The van der Waals surface area contributed by atoms with Crippen LogP contribution >= 0.6 is 0 Å². The molecule has 4 aromatic heterocycles. The molecular weight excluding hydrogens is 592 g/mol. The van der Waals surface area contributed by atoms with Crippen molar-refractivity contribution in [2.45, 2.75) is 0 Å². The van der Waals surface area contributed by atoms with E-state index < -0.39 is 0 Å². The standard InChI is InChI=1S/C42H24N4O2/c1-2-11-25(12-3-1)40-44-41(46-42(45-40)31-17-9-19-34-37(31)30-15-6-7-18-33(30)47-34)27-23-26-13-4-5-14-28(26)32(24-27)29-16-8-20-35-38(29)39-36(48-35)21-10-22-43-39/h1-24H. The molecule has 0 spiro atoms. The summed E-state index contributed by atoms with van der Waals surface area (Å²) in [6.07, 6.45) is 1.81. The Hall–Kier alpha value is -6.66. The minimum absolute atomic E-state index is 0.581. The van der Waals surface area contributed by atoms with Gasteiger partial charge in [0.2, 0.25) is 0 Å². The fourth-order valence-corrected chi connectivity index (χ4v) is 6.83. The summed E-state index contributed by atoms with van der Waals surface area (Å²) in [7, 11) is 0. The first-order valence-electron chi connectivity index (χ1n) is 15.8. The van der Waals surface area contributed by atoms with E-state index in [1.54, 1.807) is 0 Å². The van der Waals surface area contributed by atoms with Crippen molar-refractivity contribution >= 4 is 54.8 Å². The molecule has 0 radical (unpaired) electrons. The summed E-state index contributed by atoms with van der Waals surface area (Å²) in [6.45, 7) is 0. The van der Waals surface area contributed by atoms with E-state index in [0.29, 0.717) is 17.5 Å². The molecule has 10 aromatic rings. The SMILES string of the molecule is c1ccc(-c2nc(-c3cc(-c4cccc5oc6cccnc6c45)c4ccccc4c3)nc(-c3cccc4oc5ccccc5c34)n2)cc1. The van der Waals surface area contributed by atoms with E-state index in [2.05, 4.69) is 54.6 Å². The number of hydrogen-bond acceptors (Lipinski definition) is 6. The van der Waals surface area contributed by atoms with Crippen LogP contribution in [0.2, 0.25) is 0 Å². The molecule has 0 aliphatic heterocycles. The molecule has 0 amide bonds. The third-order valence-corrected chi connectivity index (χ3v) is 8.97. The number of fused-ring (bicyclic) bond motifs is 7. The molecule has 0 saturated carbocycles. The zero-order valence-corrected chi connectivity index (χ0v) is 25.5. The van der Waals surface area contributed by atoms with Crippen LogP contribution in [0.5, 0.6) is 0 Å². The fraction of sp³-hybridized carbons (Fsp3) is 0. The van der Waals surface area contributed by atoms with Gasteiger partial charge in [-0.2, -0.15) is 0 Å². The monoisotopic (exact) mass is 616 g/mol. The third kappa shape index (κ3) is 4.13. The van der Waals surface area contributed by atoms with Gasteiger partial charge in [-0.1, -0.05) is 97.1 Å². The Balaban J connectivity index is 1.26. The molecule has 6 aromatic carbocycles. The lowest BCUT2D eigenvalue weighted by atomic mass is 9.93. The highest BCUT2D eigenvalue weighted by molar-refractivity contribution is 6.15. The van der Waals surface area contributed by atoms with E-state index in [4.69, 9.17) is 28.8 Å². The van der Waals surface area contributed by atoms with E-state index >= 15 is 0 Å². The van der Waals surface area contributed by atoms with E-state index in [-0.39, 0.29) is 0 Å². The van der Waals surface area contributed by atoms with Crippen molar-refractivity contribution < 1.29 is 8.83 Å². The Morgan fingerprint density at radius 2 is 1.04 bits per heavy atom. The summed E-state index contributed by atoms with van der Waals surface area (Å²) < 4.78 is 12.5. The maximum absolute atomic E-state index is 6.23. The molecule has 4 heterocycles. The molecule has 10 rings (SSSR count). The Kier molecular flexibility index (Phi) is 5.77. The van der Waals surface area contributed by atoms with Gasteiger partial charge in [0.1, 0.15) is 22.3 Å². The molecule has 0 aliphatic carbocycles. The number of para-hydroxylation sites is 1. The molecule has 48 heavy (non-hydrogen) atoms. The fourth-order valence-electron chi connectivity index (χ4n) is 6.83. The molecule has 224 valence electrons. The van der Waals surface area contributed by atoms with E-state index in [1.165, 1.54) is 0 Å². The van der Waals surface area contributed by atoms with Crippen LogP contribution in [-0.2, 0) is 0 Å². The number of furan rings is 2. The minimum Gasteiger partial charge on any atom is -0.456 e. The van der Waals surface area contributed by atoms with Gasteiger partial charge in [-0.15, -0.1) is 0 Å². The molecule has 0 saturated heterocycles. The molecule has 0 unspecified atom stereocenters. The Labute approximate surface area is 274 Å². The van der Waals surface area contributed by atoms with Crippen LogP contribution in [0.15, 0.2) is 155 Å². The largest absolute Gasteiger partial charge is 0.456 e. The highest BCUT2D eigenvalue weighted by Crippen LogP contribution is 2.41. The van der Waals surface area contributed by atoms with E-state index in [9.17, 15) is 0 Å². The van der Waals surface area contributed by atoms with Crippen LogP contribution in [0.3, 0.4) is 0 Å². The van der Waals surface area contributed by atoms with Gasteiger partial charge in [-0.25, -0.2) is 15.0 Å². The first kappa shape index (κ1) is 26.5. The van der Waals surface area contributed by atoms with E-state index in [1.807, 2.05) is 91.1 Å². The lowest BCUT2D eigenvalue weighted by molar-refractivity contribution is 0.668. The average Bonchev–Trinajstić information content (AvgIpc) is 3.73. The summed E-state index contributed by atoms with van der Waals surface area (Å²) in [4.78, 5) is 20.1. The van der Waals surface area contributed by atoms with Crippen LogP contribution in [0.4, 0.5) is 0 Å². The molecule has 0 bridgehead atoms. The van der Waals surface area contributed by atoms with Gasteiger partial charge in [-0.05, 0) is 64.4 Å². The molecular formula is C42H24N4O2. The van der Waals surface area contributed by atoms with Gasteiger partial charge < -0.3 is 8.83 Å². The van der Waals surface area contributed by atoms with Gasteiger partial charge >= 0.3 is 0 Å². The number of rotatable bonds is 4. The Morgan fingerprint density at radius 1 is 0.396 bits per heavy atom. The highest BCUT2D eigenvalue weighted by atomic mass is 16.3. The average molecular weight is 617 g/mol. The zero-order valence-electron chi connectivity index (χ0n) is 25.5. The van der Waals surface area contributed by atoms with Crippen molar-refractivity contribution in [2.24, 2.45) is 0 Å². The number of hydrogen-bond donors (Lipinski definition) is 0. The second-order valence-corrected chi connectivity index (χ2v) is 11.8. The number of aromatic nitrogens is 4. The molecule has 6 nitrogen and oxygen atoms in total. The van der Waals surface area contributed by atoms with Crippen molar-refractivity contribution in [3.63, 3.8) is 0 Å². The summed E-state index contributed by atoms with van der Waals surface area (Å²) in [6, 6.07) is 47.0. The predicted octanol–water partition coefficient (Wildman–Crippen LogP) is 10.9. The first-order valence-corrected chi connectivity index (χ1v) is 15.8. The summed E-state index contributed by atoms with van der Waals surface area (Å²) in [5.41, 5.74) is 8.78. The molecule has 0 atom stereocenters. The summed E-state index contributed by atoms with van der Waals surface area (Å²) in [5.74, 6) is 1.76. The van der Waals surface area contributed by atoms with Crippen molar-refractivity contribution in [2.75, 3.05) is 0 Å². The predicted molar refractivity (Wildman–Crippen MR) is 191 cm³/mol. The van der Waals surface area contributed by atoms with Gasteiger partial charge in [0, 0.05) is 33.7 Å². The smallest absolute Gasteiger partial charge is 0.164 e. The zero-order chi connectivity index (χ0) is 31.6. The van der Waals surface area contributed by atoms with Crippen molar-refractivity contribution in [1.29, 1.82) is 0 Å². The lowest BCUT2D eigenvalue weighted by Crippen LogP contribution is -2.00. The quantitative estimate of drug-likeness (QED) is 0.196. The van der Waals surface area contributed by atoms with Crippen LogP contribution in [0.25, 0.3) is 100 Å². The Bertz CT molecular complexity index is 2850. The first-order chi connectivity index (χ1) is 23.8. The highest BCUT2D eigenvalue weighted by Gasteiger charge is 2.20. The molecule has 0 aliphatic rings. The van der Waals surface area contributed by atoms with Crippen LogP contribution in [-0.4, -0.2) is 19.9 Å². The van der Waals surface area contributed by atoms with Gasteiger partial charge in [0.15, 0.2) is 23.1 Å². The maximum Gasteiger partial charge on any atom is 0.164 e. The van der Waals surface area contributed by atoms with Crippen LogP contribution in [0.1, 0.15) is 0 Å². The van der Waals surface area contributed by atoms with E-state index in [0.717, 1.165) is 82.6 Å². The van der Waals surface area contributed by atoms with Crippen LogP contribution in [0, 0.1) is 0 Å². The maximum atomic E-state index is 6.23. The number of benzene rings is 6. The number of nitrogens with zero attached hydrogens (tertiary/aromatic N) is 4.